The normalized spacial score (nSPS) is 21.4. The fourth-order valence-electron chi connectivity index (χ4n) is 3.46. The van der Waals surface area contributed by atoms with Crippen molar-refractivity contribution < 1.29 is 38.4 Å². The highest BCUT2D eigenvalue weighted by molar-refractivity contribution is 5.90. The average molecular weight is 462 g/mol. The van der Waals surface area contributed by atoms with Gasteiger partial charge in [-0.2, -0.15) is 0 Å². The first-order chi connectivity index (χ1) is 16.5. The third kappa shape index (κ3) is 5.48. The summed E-state index contributed by atoms with van der Waals surface area (Å²) < 4.78 is 21.8. The summed E-state index contributed by atoms with van der Waals surface area (Å²) in [6.07, 6.45) is -5.22. The van der Waals surface area contributed by atoms with Crippen molar-refractivity contribution in [3.8, 4) is 0 Å². The fourth-order valence-corrected chi connectivity index (χ4v) is 3.46. The van der Waals surface area contributed by atoms with Crippen LogP contribution >= 0.6 is 0 Å². The number of ether oxygens (including phenoxy) is 4. The number of esters is 3. The Bertz CT molecular complexity index is 1120. The summed E-state index contributed by atoms with van der Waals surface area (Å²) in [5, 5.41) is 10.5. The molecule has 1 fully saturated rings. The highest BCUT2D eigenvalue weighted by Crippen LogP contribution is 2.28. The summed E-state index contributed by atoms with van der Waals surface area (Å²) in [5.41, 5.74) is 0.838. The van der Waals surface area contributed by atoms with E-state index in [-0.39, 0.29) is 17.7 Å². The number of rotatable bonds is 7. The molecule has 1 saturated heterocycles. The van der Waals surface area contributed by atoms with Crippen molar-refractivity contribution in [2.75, 3.05) is 6.61 Å². The molecule has 0 radical (unpaired) electrons. The number of carbonyl (C=O) groups is 3. The van der Waals surface area contributed by atoms with Gasteiger partial charge in [0.15, 0.2) is 18.5 Å². The molecule has 34 heavy (non-hydrogen) atoms. The van der Waals surface area contributed by atoms with Crippen molar-refractivity contribution in [1.29, 1.82) is 0 Å². The van der Waals surface area contributed by atoms with Gasteiger partial charge in [-0.25, -0.2) is 14.4 Å². The van der Waals surface area contributed by atoms with Crippen LogP contribution in [0.4, 0.5) is 0 Å². The van der Waals surface area contributed by atoms with E-state index < -0.39 is 42.5 Å². The molecule has 1 unspecified atom stereocenters. The SMILES string of the molecule is O=C(OC[C@@H]1OC(O)[C@H](OC(=O)c2ccccc2)[C@@H]1OC(=O)c1ccccc1)c1ccccc1. The second-order valence-electron chi connectivity index (χ2n) is 7.50. The van der Waals surface area contributed by atoms with Crippen LogP contribution in [0.25, 0.3) is 0 Å². The molecule has 0 saturated carbocycles. The predicted molar refractivity (Wildman–Crippen MR) is 119 cm³/mol. The topological polar surface area (TPSA) is 108 Å². The van der Waals surface area contributed by atoms with E-state index in [2.05, 4.69) is 0 Å². The molecular weight excluding hydrogens is 440 g/mol. The molecule has 174 valence electrons. The van der Waals surface area contributed by atoms with Crippen molar-refractivity contribution in [1.82, 2.24) is 0 Å². The minimum Gasteiger partial charge on any atom is -0.459 e. The van der Waals surface area contributed by atoms with Crippen LogP contribution in [-0.2, 0) is 18.9 Å². The summed E-state index contributed by atoms with van der Waals surface area (Å²) in [4.78, 5) is 37.6. The average Bonchev–Trinajstić information content (AvgIpc) is 3.17. The van der Waals surface area contributed by atoms with Crippen LogP contribution in [-0.4, -0.2) is 54.2 Å². The van der Waals surface area contributed by atoms with E-state index in [0.29, 0.717) is 5.56 Å². The number of aliphatic hydroxyl groups is 1. The number of hydrogen-bond donors (Lipinski definition) is 1. The quantitative estimate of drug-likeness (QED) is 0.422. The van der Waals surface area contributed by atoms with Crippen LogP contribution in [0.1, 0.15) is 31.1 Å². The van der Waals surface area contributed by atoms with E-state index >= 15 is 0 Å². The van der Waals surface area contributed by atoms with Gasteiger partial charge in [0.2, 0.25) is 0 Å². The Morgan fingerprint density at radius 1 is 0.647 bits per heavy atom. The van der Waals surface area contributed by atoms with E-state index in [1.54, 1.807) is 91.0 Å². The standard InChI is InChI=1S/C26H22O8/c27-23(17-10-4-1-5-11-17)31-16-20-21(33-24(28)18-12-6-2-7-13-18)22(26(30)32-20)34-25(29)19-14-8-3-9-15-19/h1-15,20-22,26,30H,16H2/t20-,21+,22+,26?/m0/s1. The molecule has 8 nitrogen and oxygen atoms in total. The minimum absolute atomic E-state index is 0.252. The van der Waals surface area contributed by atoms with Gasteiger partial charge in [-0.15, -0.1) is 0 Å². The summed E-state index contributed by atoms with van der Waals surface area (Å²) in [6, 6.07) is 24.7. The van der Waals surface area contributed by atoms with E-state index in [4.69, 9.17) is 18.9 Å². The first-order valence-electron chi connectivity index (χ1n) is 10.6. The predicted octanol–water partition coefficient (Wildman–Crippen LogP) is 3.01. The second kappa shape index (κ2) is 10.7. The van der Waals surface area contributed by atoms with E-state index in [0.717, 1.165) is 0 Å². The Hall–Kier alpha value is -4.01. The van der Waals surface area contributed by atoms with Gasteiger partial charge >= 0.3 is 17.9 Å². The smallest absolute Gasteiger partial charge is 0.338 e. The van der Waals surface area contributed by atoms with Crippen LogP contribution in [0.15, 0.2) is 91.0 Å². The van der Waals surface area contributed by atoms with Crippen LogP contribution in [0.3, 0.4) is 0 Å². The Balaban J connectivity index is 1.51. The lowest BCUT2D eigenvalue weighted by Gasteiger charge is -2.23. The highest BCUT2D eigenvalue weighted by atomic mass is 16.7. The van der Waals surface area contributed by atoms with E-state index in [1.807, 2.05) is 0 Å². The Morgan fingerprint density at radius 3 is 1.53 bits per heavy atom. The molecule has 0 aromatic heterocycles. The molecule has 1 N–H and O–H groups in total. The van der Waals surface area contributed by atoms with Gasteiger partial charge in [0.25, 0.3) is 0 Å². The zero-order valence-electron chi connectivity index (χ0n) is 18.0. The van der Waals surface area contributed by atoms with Gasteiger partial charge in [-0.1, -0.05) is 54.6 Å². The molecule has 0 aliphatic carbocycles. The molecule has 0 bridgehead atoms. The van der Waals surface area contributed by atoms with E-state index in [9.17, 15) is 19.5 Å². The van der Waals surface area contributed by atoms with E-state index in [1.165, 1.54) is 0 Å². The first kappa shape index (κ1) is 23.2. The number of hydrogen-bond acceptors (Lipinski definition) is 8. The zero-order chi connectivity index (χ0) is 23.9. The van der Waals surface area contributed by atoms with Crippen LogP contribution in [0.2, 0.25) is 0 Å². The number of aliphatic hydroxyl groups excluding tert-OH is 1. The van der Waals surface area contributed by atoms with Gasteiger partial charge in [-0.05, 0) is 36.4 Å². The van der Waals surface area contributed by atoms with Crippen molar-refractivity contribution in [3.05, 3.63) is 108 Å². The third-order valence-electron chi connectivity index (χ3n) is 5.18. The minimum atomic E-state index is -1.60. The Morgan fingerprint density at radius 2 is 1.06 bits per heavy atom. The van der Waals surface area contributed by atoms with Crippen LogP contribution in [0, 0.1) is 0 Å². The molecule has 3 aromatic carbocycles. The van der Waals surface area contributed by atoms with Gasteiger partial charge in [-0.3, -0.25) is 0 Å². The number of carbonyl (C=O) groups excluding carboxylic acids is 3. The summed E-state index contributed by atoms with van der Waals surface area (Å²) in [6.45, 7) is -0.336. The lowest BCUT2D eigenvalue weighted by molar-refractivity contribution is -0.135. The molecule has 1 aliphatic heterocycles. The Labute approximate surface area is 195 Å². The molecular formula is C26H22O8. The molecule has 3 aromatic rings. The molecule has 1 heterocycles. The maximum atomic E-state index is 12.7. The molecule has 1 aliphatic rings. The monoisotopic (exact) mass is 462 g/mol. The second-order valence-corrected chi connectivity index (χ2v) is 7.50. The number of benzene rings is 3. The molecule has 4 rings (SSSR count). The van der Waals surface area contributed by atoms with Gasteiger partial charge in [0, 0.05) is 0 Å². The van der Waals surface area contributed by atoms with Gasteiger partial charge in [0.1, 0.15) is 12.7 Å². The molecule has 8 heteroatoms. The third-order valence-corrected chi connectivity index (χ3v) is 5.18. The van der Waals surface area contributed by atoms with Gasteiger partial charge < -0.3 is 24.1 Å². The highest BCUT2D eigenvalue weighted by Gasteiger charge is 2.50. The molecule has 4 atom stereocenters. The molecule has 0 amide bonds. The maximum absolute atomic E-state index is 12.7. The maximum Gasteiger partial charge on any atom is 0.338 e. The zero-order valence-corrected chi connectivity index (χ0v) is 18.0. The molecule has 0 spiro atoms. The van der Waals surface area contributed by atoms with Crippen LogP contribution in [0.5, 0.6) is 0 Å². The van der Waals surface area contributed by atoms with Crippen molar-refractivity contribution in [2.24, 2.45) is 0 Å². The lowest BCUT2D eigenvalue weighted by Crippen LogP contribution is -2.42. The van der Waals surface area contributed by atoms with Crippen LogP contribution < -0.4 is 0 Å². The van der Waals surface area contributed by atoms with Crippen molar-refractivity contribution in [3.63, 3.8) is 0 Å². The Kier molecular flexibility index (Phi) is 7.31. The van der Waals surface area contributed by atoms with Crippen molar-refractivity contribution in [2.45, 2.75) is 24.6 Å². The largest absolute Gasteiger partial charge is 0.459 e. The fraction of sp³-hybridized carbons (Fsp3) is 0.192. The summed E-state index contributed by atoms with van der Waals surface area (Å²) >= 11 is 0. The summed E-state index contributed by atoms with van der Waals surface area (Å²) in [7, 11) is 0. The first-order valence-corrected chi connectivity index (χ1v) is 10.6. The van der Waals surface area contributed by atoms with Crippen molar-refractivity contribution >= 4 is 17.9 Å². The lowest BCUT2D eigenvalue weighted by atomic mass is 10.1. The van der Waals surface area contributed by atoms with Gasteiger partial charge in [0.05, 0.1) is 16.7 Å². The summed E-state index contributed by atoms with van der Waals surface area (Å²) in [5.74, 6) is -2.05.